The number of aromatic amines is 1. The number of amides is 1. The first-order valence-corrected chi connectivity index (χ1v) is 10.1. The summed E-state index contributed by atoms with van der Waals surface area (Å²) >= 11 is 0. The van der Waals surface area contributed by atoms with Gasteiger partial charge in [-0.15, -0.1) is 24.0 Å². The maximum absolute atomic E-state index is 12.0. The number of hydrogen-bond donors (Lipinski definition) is 4. The monoisotopic (exact) mass is 523 g/mol. The van der Waals surface area contributed by atoms with Crippen molar-refractivity contribution >= 4 is 46.7 Å². The molecule has 0 fully saturated rings. The Labute approximate surface area is 194 Å². The number of carbonyl (C=O) groups is 1. The minimum absolute atomic E-state index is 0. The molecule has 0 saturated carbocycles. The Hall–Kier alpha value is -2.49. The fourth-order valence-corrected chi connectivity index (χ4v) is 3.15. The number of furan rings is 1. The minimum atomic E-state index is -0.180. The fraction of sp³-hybridized carbons (Fsp3) is 0.364. The van der Waals surface area contributed by atoms with E-state index in [-0.39, 0.29) is 29.9 Å². The number of guanidine groups is 1. The molecule has 0 unspecified atom stereocenters. The molecule has 162 valence electrons. The van der Waals surface area contributed by atoms with E-state index in [1.165, 1.54) is 17.2 Å². The maximum atomic E-state index is 12.0. The van der Waals surface area contributed by atoms with Gasteiger partial charge in [0.15, 0.2) is 11.7 Å². The summed E-state index contributed by atoms with van der Waals surface area (Å²) in [5.74, 6) is 0.988. The average molecular weight is 523 g/mol. The lowest BCUT2D eigenvalue weighted by atomic mass is 10.1. The number of carbonyl (C=O) groups excluding carboxylic acids is 1. The van der Waals surface area contributed by atoms with Crippen molar-refractivity contribution in [1.82, 2.24) is 20.9 Å². The molecule has 2 heterocycles. The minimum Gasteiger partial charge on any atom is -0.459 e. The van der Waals surface area contributed by atoms with Gasteiger partial charge in [0.1, 0.15) is 0 Å². The molecule has 3 rings (SSSR count). The lowest BCUT2D eigenvalue weighted by Crippen LogP contribution is -2.38. The van der Waals surface area contributed by atoms with E-state index in [9.17, 15) is 4.79 Å². The molecule has 2 aromatic heterocycles. The summed E-state index contributed by atoms with van der Waals surface area (Å²) in [5.41, 5.74) is 3.30. The Morgan fingerprint density at radius 3 is 2.73 bits per heavy atom. The van der Waals surface area contributed by atoms with Gasteiger partial charge in [0.25, 0.3) is 5.91 Å². The third kappa shape index (κ3) is 6.51. The Morgan fingerprint density at radius 1 is 1.13 bits per heavy atom. The van der Waals surface area contributed by atoms with Crippen molar-refractivity contribution in [3.05, 3.63) is 59.7 Å². The number of aryl methyl sites for hydroxylation is 1. The van der Waals surface area contributed by atoms with E-state index in [1.54, 1.807) is 6.07 Å². The van der Waals surface area contributed by atoms with Gasteiger partial charge in [-0.3, -0.25) is 9.79 Å². The number of nitrogens with zero attached hydrogens (tertiary/aromatic N) is 1. The molecule has 8 heteroatoms. The van der Waals surface area contributed by atoms with Crippen LogP contribution < -0.4 is 16.0 Å². The van der Waals surface area contributed by atoms with Crippen molar-refractivity contribution in [1.29, 1.82) is 0 Å². The molecule has 0 saturated heterocycles. The summed E-state index contributed by atoms with van der Waals surface area (Å²) in [4.78, 5) is 19.9. The first-order chi connectivity index (χ1) is 14.2. The van der Waals surface area contributed by atoms with E-state index in [0.717, 1.165) is 43.0 Å². The largest absolute Gasteiger partial charge is 0.459 e. The highest BCUT2D eigenvalue weighted by atomic mass is 127. The molecule has 0 aliphatic heterocycles. The molecule has 1 amide bonds. The molecule has 7 nitrogen and oxygen atoms in total. The van der Waals surface area contributed by atoms with Crippen LogP contribution in [0.3, 0.4) is 0 Å². The van der Waals surface area contributed by atoms with E-state index in [2.05, 4.69) is 50.3 Å². The van der Waals surface area contributed by atoms with Gasteiger partial charge in [0.2, 0.25) is 0 Å². The van der Waals surface area contributed by atoms with E-state index < -0.39 is 0 Å². The second-order valence-electron chi connectivity index (χ2n) is 6.84. The van der Waals surface area contributed by atoms with Gasteiger partial charge in [0, 0.05) is 48.8 Å². The average Bonchev–Trinajstić information content (AvgIpc) is 3.34. The Balaban J connectivity index is 0.00000320. The molecule has 0 bridgehead atoms. The number of fused-ring (bicyclic) bond motifs is 1. The molecular formula is C22H30IN5O2. The number of nitrogens with one attached hydrogen (secondary N) is 4. The molecule has 0 aliphatic rings. The quantitative estimate of drug-likeness (QED) is 0.149. The van der Waals surface area contributed by atoms with E-state index in [4.69, 9.17) is 4.42 Å². The van der Waals surface area contributed by atoms with Crippen LogP contribution in [0.25, 0.3) is 10.9 Å². The Kier molecular flexibility index (Phi) is 9.72. The second kappa shape index (κ2) is 12.3. The number of halogens is 1. The van der Waals surface area contributed by atoms with Crippen LogP contribution in [0.1, 0.15) is 35.0 Å². The zero-order valence-corrected chi connectivity index (χ0v) is 19.8. The summed E-state index contributed by atoms with van der Waals surface area (Å²) in [6, 6.07) is 10.1. The van der Waals surface area contributed by atoms with E-state index in [0.29, 0.717) is 18.8 Å². The molecule has 0 spiro atoms. The number of H-pyrrole nitrogens is 1. The summed E-state index contributed by atoms with van der Waals surface area (Å²) in [5, 5.41) is 10.8. The third-order valence-electron chi connectivity index (χ3n) is 4.66. The number of hydrogen-bond acceptors (Lipinski definition) is 3. The lowest BCUT2D eigenvalue weighted by Gasteiger charge is -2.11. The van der Waals surface area contributed by atoms with Gasteiger partial charge >= 0.3 is 0 Å². The highest BCUT2D eigenvalue weighted by molar-refractivity contribution is 14.0. The molecular weight excluding hydrogens is 493 g/mol. The summed E-state index contributed by atoms with van der Waals surface area (Å²) in [7, 11) is 0. The highest BCUT2D eigenvalue weighted by Crippen LogP contribution is 2.17. The number of benzene rings is 1. The third-order valence-corrected chi connectivity index (χ3v) is 4.66. The van der Waals surface area contributed by atoms with Gasteiger partial charge in [-0.05, 0) is 44.4 Å². The fourth-order valence-electron chi connectivity index (χ4n) is 3.15. The van der Waals surface area contributed by atoms with Gasteiger partial charge in [0.05, 0.1) is 6.26 Å². The van der Waals surface area contributed by atoms with Gasteiger partial charge < -0.3 is 25.4 Å². The van der Waals surface area contributed by atoms with Crippen LogP contribution in [0.15, 0.2) is 52.2 Å². The Bertz CT molecular complexity index is 963. The van der Waals surface area contributed by atoms with Crippen LogP contribution in [0.4, 0.5) is 0 Å². The number of para-hydroxylation sites is 1. The van der Waals surface area contributed by atoms with Crippen molar-refractivity contribution < 1.29 is 9.21 Å². The molecule has 3 aromatic rings. The van der Waals surface area contributed by atoms with Crippen LogP contribution >= 0.6 is 24.0 Å². The number of rotatable bonds is 9. The highest BCUT2D eigenvalue weighted by Gasteiger charge is 2.11. The number of aliphatic imine (C=N–C) groups is 1. The summed E-state index contributed by atoms with van der Waals surface area (Å²) < 4.78 is 5.19. The Morgan fingerprint density at radius 2 is 1.97 bits per heavy atom. The van der Waals surface area contributed by atoms with Crippen molar-refractivity contribution in [2.45, 2.75) is 26.7 Å². The molecule has 0 atom stereocenters. The lowest BCUT2D eigenvalue weighted by molar-refractivity contribution is 0.0925. The number of aromatic nitrogens is 1. The van der Waals surface area contributed by atoms with Crippen molar-refractivity contribution in [3.63, 3.8) is 0 Å². The second-order valence-corrected chi connectivity index (χ2v) is 6.84. The normalized spacial score (nSPS) is 11.2. The summed E-state index contributed by atoms with van der Waals surface area (Å²) in [6.07, 6.45) is 5.26. The SMILES string of the molecule is CCNC(=NCCCNC(=O)c1occc1C)NCCc1c[nH]c2ccccc12.I. The van der Waals surface area contributed by atoms with Gasteiger partial charge in [-0.25, -0.2) is 0 Å². The molecule has 0 radical (unpaired) electrons. The van der Waals surface area contributed by atoms with Crippen LogP contribution in [0, 0.1) is 6.92 Å². The summed E-state index contributed by atoms with van der Waals surface area (Å²) in [6.45, 7) is 6.67. The van der Waals surface area contributed by atoms with Crippen LogP contribution in [0.5, 0.6) is 0 Å². The van der Waals surface area contributed by atoms with Gasteiger partial charge in [-0.1, -0.05) is 18.2 Å². The molecule has 4 N–H and O–H groups in total. The van der Waals surface area contributed by atoms with Crippen molar-refractivity contribution in [2.75, 3.05) is 26.2 Å². The van der Waals surface area contributed by atoms with E-state index in [1.807, 2.05) is 19.9 Å². The van der Waals surface area contributed by atoms with Crippen molar-refractivity contribution in [3.8, 4) is 0 Å². The molecule has 30 heavy (non-hydrogen) atoms. The smallest absolute Gasteiger partial charge is 0.287 e. The topological polar surface area (TPSA) is 94.4 Å². The maximum Gasteiger partial charge on any atom is 0.287 e. The van der Waals surface area contributed by atoms with Crippen LogP contribution in [-0.2, 0) is 6.42 Å². The van der Waals surface area contributed by atoms with Gasteiger partial charge in [-0.2, -0.15) is 0 Å². The zero-order chi connectivity index (χ0) is 20.5. The molecule has 0 aliphatic carbocycles. The zero-order valence-electron chi connectivity index (χ0n) is 17.5. The first kappa shape index (κ1) is 23.8. The predicted octanol–water partition coefficient (Wildman–Crippen LogP) is 3.61. The van der Waals surface area contributed by atoms with Crippen LogP contribution in [-0.4, -0.2) is 43.0 Å². The van der Waals surface area contributed by atoms with E-state index >= 15 is 0 Å². The first-order valence-electron chi connectivity index (χ1n) is 10.1. The van der Waals surface area contributed by atoms with Crippen molar-refractivity contribution in [2.24, 2.45) is 4.99 Å². The van der Waals surface area contributed by atoms with Crippen LogP contribution in [0.2, 0.25) is 0 Å². The predicted molar refractivity (Wildman–Crippen MR) is 132 cm³/mol. The molecule has 1 aromatic carbocycles. The standard InChI is InChI=1S/C22H29N5O2.HI/c1-3-23-22(25-12-6-11-24-21(28)20-16(2)10-14-29-20)26-13-9-17-15-27-19-8-5-4-7-18(17)19;/h4-5,7-8,10,14-15,27H,3,6,9,11-13H2,1-2H3,(H,24,28)(H2,23,25,26);1H.